The number of nitrogens with two attached hydrogens (primary N) is 1. The topological polar surface area (TPSA) is 146 Å². The molecule has 0 aliphatic heterocycles. The lowest BCUT2D eigenvalue weighted by Gasteiger charge is -2.05. The van der Waals surface area contributed by atoms with Gasteiger partial charge in [-0.25, -0.2) is 14.9 Å². The number of hydrogen-bond donors (Lipinski definition) is 2. The number of aromatic nitrogens is 5. The first-order chi connectivity index (χ1) is 9.97. The zero-order valence-electron chi connectivity index (χ0n) is 10.9. The fourth-order valence-electron chi connectivity index (χ4n) is 1.95. The zero-order chi connectivity index (χ0) is 15.1. The predicted molar refractivity (Wildman–Crippen MR) is 73.1 cm³/mol. The third-order valence-corrected chi connectivity index (χ3v) is 3.95. The number of aryl methyl sites for hydroxylation is 1. The Bertz CT molecular complexity index is 779. The van der Waals surface area contributed by atoms with E-state index in [0.29, 0.717) is 5.16 Å². The lowest BCUT2D eigenvalue weighted by molar-refractivity contribution is -0.389. The monoisotopic (exact) mass is 309 g/mol. The van der Waals surface area contributed by atoms with Crippen LogP contribution in [0, 0.1) is 17.0 Å². The highest BCUT2D eigenvalue weighted by Gasteiger charge is 2.31. The van der Waals surface area contributed by atoms with Crippen LogP contribution in [0.1, 0.15) is 24.6 Å². The van der Waals surface area contributed by atoms with Crippen LogP contribution in [-0.4, -0.2) is 29.7 Å². The molecule has 1 saturated carbocycles. The van der Waals surface area contributed by atoms with E-state index in [4.69, 9.17) is 5.73 Å². The van der Waals surface area contributed by atoms with Gasteiger partial charge in [-0.2, -0.15) is 4.98 Å². The number of aromatic amines is 1. The first-order valence-electron chi connectivity index (χ1n) is 6.10. The Kier molecular flexibility index (Phi) is 3.12. The Labute approximate surface area is 121 Å². The molecule has 3 rings (SSSR count). The van der Waals surface area contributed by atoms with Crippen molar-refractivity contribution in [3.8, 4) is 0 Å². The number of nitrogen functional groups attached to an aromatic ring is 1. The molecule has 0 amide bonds. The molecular formula is C10H11N7O3S. The highest BCUT2D eigenvalue weighted by atomic mass is 32.2. The molecule has 110 valence electrons. The van der Waals surface area contributed by atoms with Gasteiger partial charge in [0.15, 0.2) is 10.2 Å². The van der Waals surface area contributed by atoms with Gasteiger partial charge in [-0.05, 0) is 31.5 Å². The second kappa shape index (κ2) is 4.84. The van der Waals surface area contributed by atoms with Crippen molar-refractivity contribution >= 4 is 23.4 Å². The molecule has 0 saturated heterocycles. The van der Waals surface area contributed by atoms with Gasteiger partial charge >= 0.3 is 11.4 Å². The first kappa shape index (κ1) is 13.5. The second-order valence-corrected chi connectivity index (χ2v) is 5.55. The van der Waals surface area contributed by atoms with Crippen molar-refractivity contribution in [1.29, 1.82) is 0 Å². The average Bonchev–Trinajstić information content (AvgIpc) is 3.13. The van der Waals surface area contributed by atoms with Crippen molar-refractivity contribution in [2.45, 2.75) is 36.0 Å². The van der Waals surface area contributed by atoms with E-state index in [9.17, 15) is 14.9 Å². The van der Waals surface area contributed by atoms with Crippen LogP contribution in [0.3, 0.4) is 0 Å². The third kappa shape index (κ3) is 2.46. The summed E-state index contributed by atoms with van der Waals surface area (Å²) < 4.78 is 1.49. The second-order valence-electron chi connectivity index (χ2n) is 4.59. The molecule has 0 radical (unpaired) electrons. The maximum absolute atomic E-state index is 11.7. The van der Waals surface area contributed by atoms with Crippen LogP contribution >= 0.6 is 11.8 Å². The molecule has 0 aromatic carbocycles. The summed E-state index contributed by atoms with van der Waals surface area (Å²) in [6.07, 6.45) is 1.78. The minimum atomic E-state index is -0.566. The summed E-state index contributed by atoms with van der Waals surface area (Å²) in [7, 11) is 0. The molecule has 0 unspecified atom stereocenters. The summed E-state index contributed by atoms with van der Waals surface area (Å²) in [5.41, 5.74) is 5.15. The summed E-state index contributed by atoms with van der Waals surface area (Å²) in [5, 5.41) is 17.8. The van der Waals surface area contributed by atoms with Gasteiger partial charge in [-0.1, -0.05) is 0 Å². The molecule has 1 aliphatic carbocycles. The van der Waals surface area contributed by atoms with Gasteiger partial charge in [0.05, 0.1) is 4.92 Å². The number of hydrogen-bond acceptors (Lipinski definition) is 8. The normalized spacial score (nSPS) is 14.3. The minimum Gasteiger partial charge on any atom is -0.368 e. The number of nitrogens with one attached hydrogen (secondary N) is 1. The summed E-state index contributed by atoms with van der Waals surface area (Å²) in [4.78, 5) is 30.0. The lowest BCUT2D eigenvalue weighted by atomic mass is 10.4. The third-order valence-electron chi connectivity index (χ3n) is 3.00. The molecule has 3 N–H and O–H groups in total. The zero-order valence-corrected chi connectivity index (χ0v) is 11.8. The SMILES string of the molecule is Cc1nc(N)nc(Sc2n[nH]c(=O)n2C2CC2)c1[N+](=O)[O-]. The molecule has 1 aliphatic rings. The van der Waals surface area contributed by atoms with Crippen molar-refractivity contribution in [3.63, 3.8) is 0 Å². The molecule has 11 heteroatoms. The van der Waals surface area contributed by atoms with Crippen molar-refractivity contribution in [2.24, 2.45) is 0 Å². The molecule has 2 heterocycles. The smallest absolute Gasteiger partial charge is 0.344 e. The fourth-order valence-corrected chi connectivity index (χ4v) is 3.00. The van der Waals surface area contributed by atoms with Gasteiger partial charge in [0, 0.05) is 6.04 Å². The number of rotatable bonds is 4. The number of H-pyrrole nitrogens is 1. The summed E-state index contributed by atoms with van der Waals surface area (Å²) >= 11 is 0.934. The van der Waals surface area contributed by atoms with E-state index in [-0.39, 0.29) is 34.1 Å². The molecule has 0 atom stereocenters. The van der Waals surface area contributed by atoms with E-state index in [1.165, 1.54) is 11.5 Å². The molecule has 2 aromatic rings. The van der Waals surface area contributed by atoms with E-state index in [1.54, 1.807) is 0 Å². The summed E-state index contributed by atoms with van der Waals surface area (Å²) in [6.45, 7) is 1.48. The number of anilines is 1. The molecule has 0 bridgehead atoms. The first-order valence-corrected chi connectivity index (χ1v) is 6.92. The van der Waals surface area contributed by atoms with Crippen molar-refractivity contribution in [3.05, 3.63) is 26.3 Å². The van der Waals surface area contributed by atoms with E-state index < -0.39 is 4.92 Å². The molecule has 10 nitrogen and oxygen atoms in total. The fraction of sp³-hybridized carbons (Fsp3) is 0.400. The Morgan fingerprint density at radius 1 is 1.48 bits per heavy atom. The number of nitro groups is 1. The van der Waals surface area contributed by atoms with Crippen LogP contribution in [0.2, 0.25) is 0 Å². The molecule has 21 heavy (non-hydrogen) atoms. The van der Waals surface area contributed by atoms with Crippen LogP contribution in [0.4, 0.5) is 11.6 Å². The van der Waals surface area contributed by atoms with E-state index >= 15 is 0 Å². The van der Waals surface area contributed by atoms with Gasteiger partial charge in [-0.15, -0.1) is 5.10 Å². The van der Waals surface area contributed by atoms with Gasteiger partial charge in [0.2, 0.25) is 5.95 Å². The summed E-state index contributed by atoms with van der Waals surface area (Å²) in [5.74, 6) is -0.0588. The Morgan fingerprint density at radius 3 is 2.81 bits per heavy atom. The maximum Gasteiger partial charge on any atom is 0.344 e. The highest BCUT2D eigenvalue weighted by Crippen LogP contribution is 2.39. The van der Waals surface area contributed by atoms with Crippen molar-refractivity contribution in [2.75, 3.05) is 5.73 Å². The van der Waals surface area contributed by atoms with Crippen LogP contribution in [0.25, 0.3) is 0 Å². The van der Waals surface area contributed by atoms with Crippen LogP contribution in [0.15, 0.2) is 15.0 Å². The lowest BCUT2D eigenvalue weighted by Crippen LogP contribution is -2.16. The molecule has 0 spiro atoms. The van der Waals surface area contributed by atoms with E-state index in [1.807, 2.05) is 0 Å². The highest BCUT2D eigenvalue weighted by molar-refractivity contribution is 7.99. The standard InChI is InChI=1S/C10H11N7O3S/c1-4-6(17(19)20)7(13-8(11)12-4)21-10-15-14-9(18)16(10)5-2-3-5/h5H,2-3H2,1H3,(H,14,18)(H2,11,12,13). The van der Waals surface area contributed by atoms with Gasteiger partial charge in [0.1, 0.15) is 5.69 Å². The van der Waals surface area contributed by atoms with Gasteiger partial charge in [-0.3, -0.25) is 14.7 Å². The maximum atomic E-state index is 11.7. The number of nitrogens with zero attached hydrogens (tertiary/aromatic N) is 5. The minimum absolute atomic E-state index is 0.0588. The molecule has 1 fully saturated rings. The van der Waals surface area contributed by atoms with Crippen molar-refractivity contribution < 1.29 is 4.92 Å². The van der Waals surface area contributed by atoms with Crippen LogP contribution in [0.5, 0.6) is 0 Å². The molecular weight excluding hydrogens is 298 g/mol. The van der Waals surface area contributed by atoms with Crippen molar-refractivity contribution in [1.82, 2.24) is 24.7 Å². The van der Waals surface area contributed by atoms with Gasteiger partial charge < -0.3 is 5.73 Å². The van der Waals surface area contributed by atoms with Gasteiger partial charge in [0.25, 0.3) is 0 Å². The Morgan fingerprint density at radius 2 is 2.19 bits per heavy atom. The Balaban J connectivity index is 2.06. The largest absolute Gasteiger partial charge is 0.368 e. The van der Waals surface area contributed by atoms with E-state index in [0.717, 1.165) is 24.6 Å². The Hall–Kier alpha value is -2.43. The predicted octanol–water partition coefficient (Wildman–Crippen LogP) is 0.646. The van der Waals surface area contributed by atoms with Crippen LogP contribution < -0.4 is 11.4 Å². The average molecular weight is 309 g/mol. The summed E-state index contributed by atoms with van der Waals surface area (Å²) in [6, 6.07) is 0.0955. The molecule has 2 aromatic heterocycles. The van der Waals surface area contributed by atoms with Crippen LogP contribution in [-0.2, 0) is 0 Å². The van der Waals surface area contributed by atoms with E-state index in [2.05, 4.69) is 20.2 Å². The quantitative estimate of drug-likeness (QED) is 0.475.